The first-order chi connectivity index (χ1) is 17.9. The standard InChI is InChI=1S/C15H12BrNO2.C15H13NO2/c16-10-5-6-14(18)11(8-10)12-7-9-3-1-2-4-13(9)17-15(12)19;17-14-8-4-2-6-11(14)12-9-10-5-1-3-7-13(10)16-15(12)18/h1-6,8,12,18H,7H2,(H,17,19);1-8,12,17H,9H2,(H,16,18). The maximum absolute atomic E-state index is 12.2. The van der Waals surface area contributed by atoms with E-state index in [0.717, 1.165) is 27.0 Å². The summed E-state index contributed by atoms with van der Waals surface area (Å²) in [6.07, 6.45) is 1.23. The van der Waals surface area contributed by atoms with Gasteiger partial charge < -0.3 is 20.8 Å². The van der Waals surface area contributed by atoms with Gasteiger partial charge in [-0.2, -0.15) is 0 Å². The average molecular weight is 557 g/mol. The Kier molecular flexibility index (Phi) is 6.97. The van der Waals surface area contributed by atoms with E-state index < -0.39 is 0 Å². The third-order valence-corrected chi connectivity index (χ3v) is 7.20. The molecule has 2 aliphatic heterocycles. The van der Waals surface area contributed by atoms with E-state index in [2.05, 4.69) is 26.6 Å². The summed E-state index contributed by atoms with van der Waals surface area (Å²) in [5.74, 6) is -0.476. The first-order valence-corrected chi connectivity index (χ1v) is 12.7. The summed E-state index contributed by atoms with van der Waals surface area (Å²) in [4.78, 5) is 24.3. The Morgan fingerprint density at radius 1 is 0.622 bits per heavy atom. The maximum atomic E-state index is 12.2. The number of hydrogen-bond acceptors (Lipinski definition) is 4. The van der Waals surface area contributed by atoms with E-state index in [9.17, 15) is 19.8 Å². The van der Waals surface area contributed by atoms with Crippen LogP contribution < -0.4 is 10.6 Å². The van der Waals surface area contributed by atoms with Crippen molar-refractivity contribution in [1.29, 1.82) is 0 Å². The number of rotatable bonds is 2. The predicted octanol–water partition coefficient (Wildman–Crippen LogP) is 6.10. The van der Waals surface area contributed by atoms with Crippen LogP contribution in [0.1, 0.15) is 34.1 Å². The minimum Gasteiger partial charge on any atom is -0.508 e. The molecule has 4 aromatic carbocycles. The molecular weight excluding hydrogens is 532 g/mol. The molecule has 0 aliphatic carbocycles. The highest BCUT2D eigenvalue weighted by Crippen LogP contribution is 2.37. The molecule has 6 rings (SSSR count). The fourth-order valence-electron chi connectivity index (χ4n) is 4.79. The van der Waals surface area contributed by atoms with Crippen LogP contribution in [0.4, 0.5) is 11.4 Å². The number of phenols is 2. The number of amides is 2. The number of nitrogens with one attached hydrogen (secondary N) is 2. The van der Waals surface area contributed by atoms with Gasteiger partial charge >= 0.3 is 0 Å². The Hall–Kier alpha value is -4.10. The van der Waals surface area contributed by atoms with Crippen LogP contribution in [-0.2, 0) is 22.4 Å². The van der Waals surface area contributed by atoms with Crippen LogP contribution in [-0.4, -0.2) is 22.0 Å². The second kappa shape index (κ2) is 10.5. The number of phenolic OH excluding ortho intramolecular Hbond substituents is 2. The molecular formula is C30H25BrN2O4. The summed E-state index contributed by atoms with van der Waals surface area (Å²) in [7, 11) is 0. The van der Waals surface area contributed by atoms with Crippen molar-refractivity contribution >= 4 is 39.1 Å². The predicted molar refractivity (Wildman–Crippen MR) is 147 cm³/mol. The molecule has 2 heterocycles. The van der Waals surface area contributed by atoms with Gasteiger partial charge in [-0.05, 0) is 60.4 Å². The van der Waals surface area contributed by atoms with Crippen molar-refractivity contribution in [3.8, 4) is 11.5 Å². The molecule has 4 aromatic rings. The van der Waals surface area contributed by atoms with Crippen molar-refractivity contribution in [2.75, 3.05) is 10.6 Å². The normalized spacial score (nSPS) is 17.9. The highest BCUT2D eigenvalue weighted by molar-refractivity contribution is 9.10. The van der Waals surface area contributed by atoms with Gasteiger partial charge in [-0.1, -0.05) is 70.5 Å². The molecule has 0 saturated heterocycles. The molecule has 0 spiro atoms. The number of carbonyl (C=O) groups is 2. The number of aromatic hydroxyl groups is 2. The van der Waals surface area contributed by atoms with Crippen molar-refractivity contribution < 1.29 is 19.8 Å². The zero-order valence-corrected chi connectivity index (χ0v) is 21.4. The molecule has 6 nitrogen and oxygen atoms in total. The van der Waals surface area contributed by atoms with E-state index in [-0.39, 0.29) is 35.1 Å². The van der Waals surface area contributed by atoms with Crippen molar-refractivity contribution in [2.24, 2.45) is 0 Å². The van der Waals surface area contributed by atoms with Gasteiger partial charge in [0.05, 0.1) is 11.8 Å². The lowest BCUT2D eigenvalue weighted by Gasteiger charge is -2.25. The summed E-state index contributed by atoms with van der Waals surface area (Å²) in [5.41, 5.74) is 5.26. The van der Waals surface area contributed by atoms with Crippen molar-refractivity contribution in [2.45, 2.75) is 24.7 Å². The number of anilines is 2. The van der Waals surface area contributed by atoms with Gasteiger partial charge in [-0.3, -0.25) is 9.59 Å². The summed E-state index contributed by atoms with van der Waals surface area (Å²) in [6.45, 7) is 0. The topological polar surface area (TPSA) is 98.7 Å². The Bertz CT molecular complexity index is 1490. The van der Waals surface area contributed by atoms with Crippen LogP contribution in [0.3, 0.4) is 0 Å². The van der Waals surface area contributed by atoms with Crippen LogP contribution in [0.15, 0.2) is 95.5 Å². The number of fused-ring (bicyclic) bond motifs is 2. The first-order valence-electron chi connectivity index (χ1n) is 11.9. The quantitative estimate of drug-likeness (QED) is 0.239. The average Bonchev–Trinajstić information content (AvgIpc) is 2.90. The molecule has 0 aromatic heterocycles. The molecule has 0 bridgehead atoms. The molecule has 0 fully saturated rings. The van der Waals surface area contributed by atoms with Gasteiger partial charge in [0.15, 0.2) is 0 Å². The van der Waals surface area contributed by atoms with E-state index in [1.54, 1.807) is 36.4 Å². The first kappa shape index (κ1) is 24.6. The SMILES string of the molecule is O=C1Nc2ccccc2CC1c1cc(Br)ccc1O.O=C1Nc2ccccc2CC1c1ccccc1O. The summed E-state index contributed by atoms with van der Waals surface area (Å²) in [6, 6.07) is 27.7. The molecule has 2 unspecified atom stereocenters. The van der Waals surface area contributed by atoms with Crippen LogP contribution in [0, 0.1) is 0 Å². The van der Waals surface area contributed by atoms with Crippen molar-refractivity contribution in [3.05, 3.63) is 118 Å². The molecule has 2 atom stereocenters. The number of carbonyl (C=O) groups excluding carboxylic acids is 2. The molecule has 4 N–H and O–H groups in total. The van der Waals surface area contributed by atoms with Crippen LogP contribution in [0.25, 0.3) is 0 Å². The summed E-state index contributed by atoms with van der Waals surface area (Å²) in [5, 5.41) is 25.6. The van der Waals surface area contributed by atoms with Gasteiger partial charge in [0.25, 0.3) is 0 Å². The second-order valence-electron chi connectivity index (χ2n) is 9.07. The lowest BCUT2D eigenvalue weighted by molar-refractivity contribution is -0.118. The fraction of sp³-hybridized carbons (Fsp3) is 0.133. The highest BCUT2D eigenvalue weighted by atomic mass is 79.9. The molecule has 7 heteroatoms. The molecule has 2 aliphatic rings. The molecule has 0 radical (unpaired) electrons. The third-order valence-electron chi connectivity index (χ3n) is 6.71. The highest BCUT2D eigenvalue weighted by Gasteiger charge is 2.30. The van der Waals surface area contributed by atoms with Gasteiger partial charge in [-0.15, -0.1) is 0 Å². The smallest absolute Gasteiger partial charge is 0.232 e. The minimum absolute atomic E-state index is 0.0600. The Balaban J connectivity index is 0.000000152. The second-order valence-corrected chi connectivity index (χ2v) is 9.98. The summed E-state index contributed by atoms with van der Waals surface area (Å²) >= 11 is 3.37. The van der Waals surface area contributed by atoms with E-state index in [0.29, 0.717) is 24.0 Å². The lowest BCUT2D eigenvalue weighted by Crippen LogP contribution is -2.28. The monoisotopic (exact) mass is 556 g/mol. The zero-order chi connectivity index (χ0) is 25.9. The van der Waals surface area contributed by atoms with E-state index in [1.807, 2.05) is 54.6 Å². The maximum Gasteiger partial charge on any atom is 0.232 e. The minimum atomic E-state index is -0.354. The van der Waals surface area contributed by atoms with Crippen LogP contribution >= 0.6 is 15.9 Å². The number of hydrogen-bond donors (Lipinski definition) is 4. The number of para-hydroxylation sites is 3. The number of benzene rings is 4. The largest absolute Gasteiger partial charge is 0.508 e. The Labute approximate surface area is 223 Å². The van der Waals surface area contributed by atoms with E-state index in [4.69, 9.17) is 0 Å². The lowest BCUT2D eigenvalue weighted by atomic mass is 9.87. The van der Waals surface area contributed by atoms with E-state index in [1.165, 1.54) is 0 Å². The number of halogens is 1. The van der Waals surface area contributed by atoms with E-state index >= 15 is 0 Å². The van der Waals surface area contributed by atoms with Crippen LogP contribution in [0.5, 0.6) is 11.5 Å². The van der Waals surface area contributed by atoms with Gasteiger partial charge in [0, 0.05) is 27.0 Å². The zero-order valence-electron chi connectivity index (χ0n) is 19.8. The fourth-order valence-corrected chi connectivity index (χ4v) is 5.17. The molecule has 0 saturated carbocycles. The van der Waals surface area contributed by atoms with Crippen molar-refractivity contribution in [3.63, 3.8) is 0 Å². The molecule has 186 valence electrons. The van der Waals surface area contributed by atoms with Gasteiger partial charge in [-0.25, -0.2) is 0 Å². The van der Waals surface area contributed by atoms with Crippen molar-refractivity contribution in [1.82, 2.24) is 0 Å². The van der Waals surface area contributed by atoms with Crippen LogP contribution in [0.2, 0.25) is 0 Å². The van der Waals surface area contributed by atoms with Gasteiger partial charge in [0.2, 0.25) is 11.8 Å². The summed E-state index contributed by atoms with van der Waals surface area (Å²) < 4.78 is 0.854. The van der Waals surface area contributed by atoms with Gasteiger partial charge in [0.1, 0.15) is 11.5 Å². The molecule has 37 heavy (non-hydrogen) atoms. The Morgan fingerprint density at radius 3 is 1.70 bits per heavy atom. The molecule has 2 amide bonds. The third kappa shape index (κ3) is 5.22. The Morgan fingerprint density at radius 2 is 1.11 bits per heavy atom.